The van der Waals surface area contributed by atoms with Crippen LogP contribution in [0, 0.1) is 11.8 Å². The fourth-order valence-electron chi connectivity index (χ4n) is 1.92. The first-order valence-electron chi connectivity index (χ1n) is 5.19. The van der Waals surface area contributed by atoms with Crippen LogP contribution in [-0.2, 0) is 4.79 Å². The summed E-state index contributed by atoms with van der Waals surface area (Å²) in [6.07, 6.45) is 1.74. The van der Waals surface area contributed by atoms with Gasteiger partial charge in [0, 0.05) is 19.7 Å². The molecule has 4 heteroatoms. The monoisotopic (exact) mass is 201 g/mol. The largest absolute Gasteiger partial charge is 0.481 e. The lowest BCUT2D eigenvalue weighted by Gasteiger charge is -2.32. The normalized spacial score (nSPS) is 26.0. The second-order valence-electron chi connectivity index (χ2n) is 4.22. The minimum Gasteiger partial charge on any atom is -0.481 e. The molecule has 1 aliphatic rings. The maximum atomic E-state index is 10.8. The highest BCUT2D eigenvalue weighted by atomic mass is 16.4. The molecular formula is C10H19NO3. The maximum Gasteiger partial charge on any atom is 0.307 e. The van der Waals surface area contributed by atoms with Crippen molar-refractivity contribution in [2.24, 2.45) is 11.8 Å². The second-order valence-corrected chi connectivity index (χ2v) is 4.22. The first-order valence-corrected chi connectivity index (χ1v) is 5.19. The number of nitrogens with zero attached hydrogens (tertiary/aromatic N) is 1. The highest BCUT2D eigenvalue weighted by Gasteiger charge is 2.25. The van der Waals surface area contributed by atoms with Gasteiger partial charge in [0.1, 0.15) is 0 Å². The van der Waals surface area contributed by atoms with Gasteiger partial charge in [0.25, 0.3) is 0 Å². The van der Waals surface area contributed by atoms with Crippen LogP contribution in [0.5, 0.6) is 0 Å². The Hall–Kier alpha value is -0.610. The Morgan fingerprint density at radius 1 is 1.64 bits per heavy atom. The molecule has 1 aliphatic heterocycles. The number of carboxylic acid groups (broad SMARTS) is 1. The minimum atomic E-state index is -0.689. The molecule has 0 bridgehead atoms. The van der Waals surface area contributed by atoms with Gasteiger partial charge >= 0.3 is 5.97 Å². The summed E-state index contributed by atoms with van der Waals surface area (Å²) in [6.45, 7) is 4.56. The van der Waals surface area contributed by atoms with E-state index in [0.29, 0.717) is 6.54 Å². The van der Waals surface area contributed by atoms with E-state index in [0.717, 1.165) is 25.9 Å². The molecule has 1 rings (SSSR count). The molecule has 1 heterocycles. The van der Waals surface area contributed by atoms with E-state index in [4.69, 9.17) is 10.2 Å². The number of piperidine rings is 1. The molecule has 0 spiro atoms. The summed E-state index contributed by atoms with van der Waals surface area (Å²) in [5.74, 6) is -0.663. The lowest BCUT2D eigenvalue weighted by Crippen LogP contribution is -2.41. The average Bonchev–Trinajstić information content (AvgIpc) is 2.18. The van der Waals surface area contributed by atoms with E-state index in [1.54, 1.807) is 0 Å². The molecule has 0 aromatic heterocycles. The summed E-state index contributed by atoms with van der Waals surface area (Å²) in [5, 5.41) is 17.8. The number of aliphatic carboxylic acids is 1. The molecule has 0 aromatic rings. The van der Waals surface area contributed by atoms with E-state index in [1.165, 1.54) is 0 Å². The van der Waals surface area contributed by atoms with Gasteiger partial charge in [-0.05, 0) is 25.3 Å². The number of aliphatic hydroxyl groups excluding tert-OH is 1. The average molecular weight is 201 g/mol. The predicted molar refractivity (Wildman–Crippen MR) is 53.0 cm³/mol. The number of hydrogen-bond donors (Lipinski definition) is 2. The van der Waals surface area contributed by atoms with Gasteiger partial charge < -0.3 is 15.1 Å². The number of carboxylic acids is 1. The topological polar surface area (TPSA) is 60.8 Å². The summed E-state index contributed by atoms with van der Waals surface area (Å²) in [7, 11) is 0. The van der Waals surface area contributed by atoms with Gasteiger partial charge in [-0.3, -0.25) is 4.79 Å². The smallest absolute Gasteiger partial charge is 0.307 e. The fourth-order valence-corrected chi connectivity index (χ4v) is 1.92. The standard InChI is InChI=1S/C10H19NO3/c1-8(7-12)5-11-4-2-3-9(6-11)10(13)14/h8-9,12H,2-7H2,1H3,(H,13,14). The van der Waals surface area contributed by atoms with Crippen LogP contribution < -0.4 is 0 Å². The van der Waals surface area contributed by atoms with Crippen molar-refractivity contribution in [2.75, 3.05) is 26.2 Å². The second kappa shape index (κ2) is 5.32. The van der Waals surface area contributed by atoms with Crippen LogP contribution in [-0.4, -0.2) is 47.3 Å². The predicted octanol–water partition coefficient (Wildman–Crippen LogP) is 0.411. The quantitative estimate of drug-likeness (QED) is 0.691. The molecule has 2 N–H and O–H groups in total. The van der Waals surface area contributed by atoms with E-state index in [-0.39, 0.29) is 18.4 Å². The van der Waals surface area contributed by atoms with Crippen LogP contribution in [0.15, 0.2) is 0 Å². The molecule has 0 saturated carbocycles. The molecule has 2 unspecified atom stereocenters. The Morgan fingerprint density at radius 3 is 2.93 bits per heavy atom. The first-order chi connectivity index (χ1) is 6.63. The van der Waals surface area contributed by atoms with Crippen molar-refractivity contribution in [1.29, 1.82) is 0 Å². The number of aliphatic hydroxyl groups is 1. The summed E-state index contributed by atoms with van der Waals surface area (Å²) in [4.78, 5) is 12.9. The zero-order valence-electron chi connectivity index (χ0n) is 8.65. The molecule has 14 heavy (non-hydrogen) atoms. The molecule has 0 aromatic carbocycles. The van der Waals surface area contributed by atoms with Crippen molar-refractivity contribution in [3.8, 4) is 0 Å². The third-order valence-electron chi connectivity index (χ3n) is 2.74. The highest BCUT2D eigenvalue weighted by molar-refractivity contribution is 5.70. The molecule has 1 fully saturated rings. The Labute approximate surface area is 84.5 Å². The van der Waals surface area contributed by atoms with Crippen molar-refractivity contribution in [3.05, 3.63) is 0 Å². The van der Waals surface area contributed by atoms with E-state index in [1.807, 2.05) is 6.92 Å². The van der Waals surface area contributed by atoms with Gasteiger partial charge in [-0.15, -0.1) is 0 Å². The number of rotatable bonds is 4. The zero-order valence-corrected chi connectivity index (χ0v) is 8.65. The van der Waals surface area contributed by atoms with E-state index >= 15 is 0 Å². The van der Waals surface area contributed by atoms with Crippen LogP contribution in [0.3, 0.4) is 0 Å². The molecule has 0 aliphatic carbocycles. The van der Waals surface area contributed by atoms with Crippen LogP contribution in [0.25, 0.3) is 0 Å². The third kappa shape index (κ3) is 3.27. The maximum absolute atomic E-state index is 10.8. The van der Waals surface area contributed by atoms with Gasteiger partial charge in [-0.1, -0.05) is 6.92 Å². The van der Waals surface area contributed by atoms with Gasteiger partial charge in [0.15, 0.2) is 0 Å². The highest BCUT2D eigenvalue weighted by Crippen LogP contribution is 2.17. The first kappa shape index (κ1) is 11.5. The van der Waals surface area contributed by atoms with Gasteiger partial charge in [-0.25, -0.2) is 0 Å². The Morgan fingerprint density at radius 2 is 2.36 bits per heavy atom. The minimum absolute atomic E-state index is 0.175. The SMILES string of the molecule is CC(CO)CN1CCCC(C(=O)O)C1. The molecular weight excluding hydrogens is 182 g/mol. The number of likely N-dealkylation sites (tertiary alicyclic amines) is 1. The summed E-state index contributed by atoms with van der Waals surface area (Å²) < 4.78 is 0. The summed E-state index contributed by atoms with van der Waals surface area (Å²) in [6, 6.07) is 0. The summed E-state index contributed by atoms with van der Waals surface area (Å²) >= 11 is 0. The van der Waals surface area contributed by atoms with E-state index in [2.05, 4.69) is 4.90 Å². The lowest BCUT2D eigenvalue weighted by molar-refractivity contribution is -0.143. The molecule has 0 amide bonds. The van der Waals surface area contributed by atoms with Gasteiger partial charge in [-0.2, -0.15) is 0 Å². The molecule has 4 nitrogen and oxygen atoms in total. The molecule has 82 valence electrons. The Bertz CT molecular complexity index is 196. The lowest BCUT2D eigenvalue weighted by atomic mass is 9.97. The number of hydrogen-bond acceptors (Lipinski definition) is 3. The van der Waals surface area contributed by atoms with Crippen molar-refractivity contribution in [2.45, 2.75) is 19.8 Å². The van der Waals surface area contributed by atoms with E-state index in [9.17, 15) is 4.79 Å². The molecule has 0 radical (unpaired) electrons. The zero-order chi connectivity index (χ0) is 10.6. The summed E-state index contributed by atoms with van der Waals surface area (Å²) in [5.41, 5.74) is 0. The molecule has 1 saturated heterocycles. The van der Waals surface area contributed by atoms with Crippen LogP contribution in [0.4, 0.5) is 0 Å². The number of carbonyl (C=O) groups is 1. The van der Waals surface area contributed by atoms with Gasteiger partial charge in [0.05, 0.1) is 5.92 Å². The van der Waals surface area contributed by atoms with Gasteiger partial charge in [0.2, 0.25) is 0 Å². The van der Waals surface area contributed by atoms with Crippen molar-refractivity contribution >= 4 is 5.97 Å². The Balaban J connectivity index is 2.36. The third-order valence-corrected chi connectivity index (χ3v) is 2.74. The van der Waals surface area contributed by atoms with Crippen molar-refractivity contribution in [3.63, 3.8) is 0 Å². The van der Waals surface area contributed by atoms with Crippen LogP contribution >= 0.6 is 0 Å². The van der Waals surface area contributed by atoms with Crippen molar-refractivity contribution in [1.82, 2.24) is 4.90 Å². The van der Waals surface area contributed by atoms with Crippen LogP contribution in [0.2, 0.25) is 0 Å². The van der Waals surface area contributed by atoms with E-state index < -0.39 is 5.97 Å². The van der Waals surface area contributed by atoms with Crippen LogP contribution in [0.1, 0.15) is 19.8 Å². The fraction of sp³-hybridized carbons (Fsp3) is 0.900. The van der Waals surface area contributed by atoms with Crippen molar-refractivity contribution < 1.29 is 15.0 Å². The molecule has 2 atom stereocenters. The Kier molecular flexibility index (Phi) is 4.35.